The van der Waals surface area contributed by atoms with Gasteiger partial charge in [-0.3, -0.25) is 19.2 Å². The van der Waals surface area contributed by atoms with Crippen molar-refractivity contribution >= 4 is 57.7 Å². The SMILES string of the molecule is CCC(C)[C@H](NC(=O)[C@@]1(NC(=O)[C@@H](NC(=O)Cc2ccccc2OCCOCCOCCOCCOC)C(C)CC)CCc2[nH]c3c(Cl)cc(Cl)cc3c2C1)C(N)=O. The summed E-state index contributed by atoms with van der Waals surface area (Å²) in [5.74, 6) is -2.18. The number of nitrogens with two attached hydrogens (primary N) is 1. The van der Waals surface area contributed by atoms with Gasteiger partial charge < -0.3 is 50.4 Å². The number of para-hydroxylation sites is 1. The zero-order valence-corrected chi connectivity index (χ0v) is 35.7. The van der Waals surface area contributed by atoms with Crippen LogP contribution in [0, 0.1) is 11.8 Å². The van der Waals surface area contributed by atoms with E-state index >= 15 is 0 Å². The van der Waals surface area contributed by atoms with Crippen LogP contribution in [0.15, 0.2) is 36.4 Å². The molecule has 3 aromatic rings. The Hall–Kier alpha value is -3.92. The maximum Gasteiger partial charge on any atom is 0.246 e. The van der Waals surface area contributed by atoms with E-state index in [-0.39, 0.29) is 37.7 Å². The van der Waals surface area contributed by atoms with Crippen molar-refractivity contribution in [2.24, 2.45) is 17.6 Å². The molecule has 1 aliphatic rings. The molecule has 0 bridgehead atoms. The Morgan fingerprint density at radius 2 is 1.48 bits per heavy atom. The van der Waals surface area contributed by atoms with Crippen molar-refractivity contribution in [3.8, 4) is 5.75 Å². The Morgan fingerprint density at radius 3 is 2.12 bits per heavy atom. The number of benzene rings is 2. The summed E-state index contributed by atoms with van der Waals surface area (Å²) in [6.07, 6.45) is 1.76. The minimum atomic E-state index is -1.50. The molecule has 0 fully saturated rings. The average Bonchev–Trinajstić information content (AvgIpc) is 3.56. The average molecular weight is 849 g/mol. The van der Waals surface area contributed by atoms with Crippen LogP contribution >= 0.6 is 23.2 Å². The van der Waals surface area contributed by atoms with Crippen molar-refractivity contribution in [1.29, 1.82) is 0 Å². The van der Waals surface area contributed by atoms with E-state index in [0.717, 1.165) is 16.6 Å². The highest BCUT2D eigenvalue weighted by molar-refractivity contribution is 6.38. The molecule has 320 valence electrons. The third-order valence-electron chi connectivity index (χ3n) is 10.7. The summed E-state index contributed by atoms with van der Waals surface area (Å²) < 4.78 is 27.4. The molecule has 14 nitrogen and oxygen atoms in total. The summed E-state index contributed by atoms with van der Waals surface area (Å²) in [6, 6.07) is 8.66. The highest BCUT2D eigenvalue weighted by atomic mass is 35.5. The lowest BCUT2D eigenvalue weighted by Gasteiger charge is -2.39. The van der Waals surface area contributed by atoms with Gasteiger partial charge in [0.25, 0.3) is 0 Å². The standard InChI is InChI=1S/C42H59Cl2N5O9/c1-6-26(3)36(39(45)51)48-41(53)42(13-12-33-31(25-42)30-23-29(43)24-32(44)38(30)46-33)49-40(52)37(27(4)7-2)47-35(50)22-28-10-8-9-11-34(28)58-21-20-57-19-18-56-17-16-55-15-14-54-5/h8-11,23-24,26-27,36-37,46H,6-7,12-22,25H2,1-5H3,(H2,45,51)(H,47,50)(H,48,53)(H,49,52)/t26?,27?,36-,37-,42+/m0/s1. The fourth-order valence-electron chi connectivity index (χ4n) is 6.94. The number of ether oxygens (including phenoxy) is 5. The van der Waals surface area contributed by atoms with Gasteiger partial charge in [0, 0.05) is 35.2 Å². The molecule has 6 N–H and O–H groups in total. The van der Waals surface area contributed by atoms with Crippen LogP contribution in [0.1, 0.15) is 63.8 Å². The molecule has 1 heterocycles. The van der Waals surface area contributed by atoms with Gasteiger partial charge in [-0.15, -0.1) is 0 Å². The third kappa shape index (κ3) is 12.8. The number of aromatic amines is 1. The summed E-state index contributed by atoms with van der Waals surface area (Å²) in [6.45, 7) is 10.9. The lowest BCUT2D eigenvalue weighted by atomic mass is 9.78. The predicted molar refractivity (Wildman–Crippen MR) is 223 cm³/mol. The minimum Gasteiger partial charge on any atom is -0.491 e. The fraction of sp³-hybridized carbons (Fsp3) is 0.571. The largest absolute Gasteiger partial charge is 0.491 e. The minimum absolute atomic E-state index is 0.0570. The Balaban J connectivity index is 1.45. The number of hydrogen-bond acceptors (Lipinski definition) is 9. The lowest BCUT2D eigenvalue weighted by molar-refractivity contribution is -0.138. The molecule has 0 radical (unpaired) electrons. The van der Waals surface area contributed by atoms with Crippen molar-refractivity contribution < 1.29 is 42.9 Å². The first-order chi connectivity index (χ1) is 27.8. The molecule has 2 unspecified atom stereocenters. The van der Waals surface area contributed by atoms with Crippen molar-refractivity contribution in [2.75, 3.05) is 60.0 Å². The predicted octanol–water partition coefficient (Wildman–Crippen LogP) is 4.68. The van der Waals surface area contributed by atoms with Crippen LogP contribution in [0.5, 0.6) is 5.75 Å². The zero-order valence-electron chi connectivity index (χ0n) is 34.2. The number of primary amides is 1. The van der Waals surface area contributed by atoms with Crippen molar-refractivity contribution in [2.45, 2.75) is 83.8 Å². The van der Waals surface area contributed by atoms with Gasteiger partial charge >= 0.3 is 0 Å². The zero-order chi connectivity index (χ0) is 42.2. The quantitative estimate of drug-likeness (QED) is 0.0754. The van der Waals surface area contributed by atoms with Crippen LogP contribution in [-0.4, -0.2) is 106 Å². The summed E-state index contributed by atoms with van der Waals surface area (Å²) in [7, 11) is 1.62. The van der Waals surface area contributed by atoms with Gasteiger partial charge in [0.1, 0.15) is 30.0 Å². The van der Waals surface area contributed by atoms with E-state index in [0.29, 0.717) is 92.4 Å². The van der Waals surface area contributed by atoms with Crippen LogP contribution in [0.25, 0.3) is 10.9 Å². The van der Waals surface area contributed by atoms with Crippen molar-refractivity contribution in [3.05, 3.63) is 63.3 Å². The summed E-state index contributed by atoms with van der Waals surface area (Å²) in [4.78, 5) is 58.5. The van der Waals surface area contributed by atoms with Crippen LogP contribution in [0.2, 0.25) is 10.0 Å². The number of fused-ring (bicyclic) bond motifs is 3. The molecule has 0 aliphatic heterocycles. The van der Waals surface area contributed by atoms with Crippen LogP contribution in [-0.2, 0) is 57.4 Å². The second kappa shape index (κ2) is 23.0. The lowest BCUT2D eigenvalue weighted by Crippen LogP contribution is -2.67. The van der Waals surface area contributed by atoms with E-state index < -0.39 is 41.3 Å². The molecule has 58 heavy (non-hydrogen) atoms. The smallest absolute Gasteiger partial charge is 0.246 e. The fourth-order valence-corrected chi connectivity index (χ4v) is 7.48. The van der Waals surface area contributed by atoms with Gasteiger partial charge in [0.05, 0.1) is 63.2 Å². The molecule has 5 atom stereocenters. The van der Waals surface area contributed by atoms with E-state index in [1.54, 1.807) is 31.4 Å². The highest BCUT2D eigenvalue weighted by Gasteiger charge is 2.46. The molecule has 4 amide bonds. The van der Waals surface area contributed by atoms with E-state index in [9.17, 15) is 19.2 Å². The van der Waals surface area contributed by atoms with Gasteiger partial charge in [0.2, 0.25) is 23.6 Å². The van der Waals surface area contributed by atoms with E-state index in [1.807, 2.05) is 39.8 Å². The molecule has 1 aliphatic carbocycles. The van der Waals surface area contributed by atoms with Gasteiger partial charge in [-0.05, 0) is 48.4 Å². The number of amides is 4. The number of aromatic nitrogens is 1. The first-order valence-corrected chi connectivity index (χ1v) is 20.7. The third-order valence-corrected chi connectivity index (χ3v) is 11.2. The number of methoxy groups -OCH3 is 1. The molecule has 1 aromatic heterocycles. The molecule has 0 saturated heterocycles. The molecular formula is C42H59Cl2N5O9. The number of rotatable bonds is 25. The maximum absolute atomic E-state index is 14.5. The molecule has 4 rings (SSSR count). The van der Waals surface area contributed by atoms with Crippen LogP contribution in [0.3, 0.4) is 0 Å². The van der Waals surface area contributed by atoms with Gasteiger partial charge in [-0.1, -0.05) is 81.9 Å². The monoisotopic (exact) mass is 847 g/mol. The number of H-pyrrole nitrogens is 1. The van der Waals surface area contributed by atoms with Gasteiger partial charge in [-0.25, -0.2) is 0 Å². The Bertz CT molecular complexity index is 1840. The Morgan fingerprint density at radius 1 is 0.862 bits per heavy atom. The highest BCUT2D eigenvalue weighted by Crippen LogP contribution is 2.38. The summed E-state index contributed by atoms with van der Waals surface area (Å²) >= 11 is 13.0. The number of halogens is 2. The number of carbonyl (C=O) groups is 4. The molecule has 0 spiro atoms. The first kappa shape index (κ1) is 46.8. The molecule has 16 heteroatoms. The van der Waals surface area contributed by atoms with E-state index in [2.05, 4.69) is 20.9 Å². The second-order valence-electron chi connectivity index (χ2n) is 14.8. The van der Waals surface area contributed by atoms with Crippen LogP contribution in [0.4, 0.5) is 0 Å². The van der Waals surface area contributed by atoms with Crippen molar-refractivity contribution in [1.82, 2.24) is 20.9 Å². The van der Waals surface area contributed by atoms with E-state index in [1.165, 1.54) is 0 Å². The number of hydrogen-bond donors (Lipinski definition) is 5. The normalized spacial score (nSPS) is 17.2. The maximum atomic E-state index is 14.5. The first-order valence-electron chi connectivity index (χ1n) is 20.0. The number of carbonyl (C=O) groups excluding carboxylic acids is 4. The summed E-state index contributed by atoms with van der Waals surface area (Å²) in [5, 5.41) is 10.5. The second-order valence-corrected chi connectivity index (χ2v) is 15.6. The van der Waals surface area contributed by atoms with Gasteiger partial charge in [0.15, 0.2) is 0 Å². The van der Waals surface area contributed by atoms with Crippen molar-refractivity contribution in [3.63, 3.8) is 0 Å². The van der Waals surface area contributed by atoms with Crippen LogP contribution < -0.4 is 26.4 Å². The molecule has 2 aromatic carbocycles. The summed E-state index contributed by atoms with van der Waals surface area (Å²) in [5.41, 5.74) is 7.22. The Labute approximate surface area is 350 Å². The van der Waals surface area contributed by atoms with Gasteiger partial charge in [-0.2, -0.15) is 0 Å². The molecular weight excluding hydrogens is 789 g/mol. The number of aryl methyl sites for hydroxylation is 1. The topological polar surface area (TPSA) is 192 Å². The Kier molecular flexibility index (Phi) is 18.6. The molecule has 0 saturated carbocycles. The van der Waals surface area contributed by atoms with E-state index in [4.69, 9.17) is 52.6 Å². The number of nitrogens with one attached hydrogen (secondary N) is 4.